The van der Waals surface area contributed by atoms with E-state index in [0.717, 1.165) is 11.8 Å². The first-order valence-corrected chi connectivity index (χ1v) is 37.7. The highest BCUT2D eigenvalue weighted by Gasteiger charge is 2.43. The molecular formula is C69H101N23O19S2. The molecule has 0 spiro atoms. The number of hydrogen-bond donors (Lipinski definition) is 24. The molecule has 2 aromatic carbocycles. The van der Waals surface area contributed by atoms with E-state index in [0.29, 0.717) is 22.0 Å². The summed E-state index contributed by atoms with van der Waals surface area (Å²) < 4.78 is 1.21. The lowest BCUT2D eigenvalue weighted by molar-refractivity contribution is -0.146. The second kappa shape index (κ2) is 44.3. The Labute approximate surface area is 658 Å². The fraction of sp³-hybridized carbons (Fsp3) is 0.536. The average molecular weight is 1620 g/mol. The van der Waals surface area contributed by atoms with E-state index in [-0.39, 0.29) is 102 Å². The van der Waals surface area contributed by atoms with E-state index in [1.165, 1.54) is 17.8 Å². The molecule has 15 amide bonds. The molecule has 2 aromatic heterocycles. The van der Waals surface area contributed by atoms with E-state index < -0.39 is 217 Å². The van der Waals surface area contributed by atoms with Crippen LogP contribution in [0, 0.1) is 0 Å². The molecule has 0 radical (unpaired) electrons. The number of nitrogens with two attached hydrogens (primary N) is 5. The number of para-hydroxylation sites is 1. The lowest BCUT2D eigenvalue weighted by atomic mass is 10.0. The first-order valence-electron chi connectivity index (χ1n) is 36.4. The van der Waals surface area contributed by atoms with E-state index in [9.17, 15) is 82.4 Å². The molecule has 0 unspecified atom stereocenters. The number of carboxylic acid groups (broad SMARTS) is 2. The molecule has 618 valence electrons. The third kappa shape index (κ3) is 29.2. The first-order chi connectivity index (χ1) is 53.6. The van der Waals surface area contributed by atoms with Gasteiger partial charge in [-0.05, 0) is 95.4 Å². The number of hydrogen-bond acceptors (Lipinski definition) is 25. The number of primary amides is 2. The van der Waals surface area contributed by atoms with Crippen molar-refractivity contribution < 1.29 is 92.0 Å². The Morgan fingerprint density at radius 3 is 1.89 bits per heavy atom. The average Bonchev–Trinajstić information content (AvgIpc) is 1.69. The number of aliphatic carboxylic acids is 2. The number of aryl methyl sites for hydroxylation is 1. The Morgan fingerprint density at radius 2 is 1.27 bits per heavy atom. The van der Waals surface area contributed by atoms with E-state index in [2.05, 4.69) is 110 Å². The van der Waals surface area contributed by atoms with Crippen LogP contribution in [-0.2, 0) is 97.7 Å². The summed E-state index contributed by atoms with van der Waals surface area (Å²) in [6.07, 6.45) is -3.42. The minimum atomic E-state index is -2.05. The monoisotopic (exact) mass is 1620 g/mol. The predicted octanol–water partition coefficient (Wildman–Crippen LogP) is -7.66. The minimum Gasteiger partial charge on any atom is -0.481 e. The summed E-state index contributed by atoms with van der Waals surface area (Å²) >= 11 is 8.52. The van der Waals surface area contributed by atoms with Gasteiger partial charge in [-0.25, -0.2) is 9.59 Å². The van der Waals surface area contributed by atoms with Gasteiger partial charge in [0.05, 0.1) is 24.8 Å². The highest BCUT2D eigenvalue weighted by Crippen LogP contribution is 2.23. The van der Waals surface area contributed by atoms with Gasteiger partial charge in [-0.1, -0.05) is 53.7 Å². The van der Waals surface area contributed by atoms with Crippen LogP contribution < -0.4 is 97.8 Å². The molecule has 113 heavy (non-hydrogen) atoms. The summed E-state index contributed by atoms with van der Waals surface area (Å²) in [4.78, 5) is 227. The molecule has 2 aliphatic rings. The van der Waals surface area contributed by atoms with Gasteiger partial charge in [0.1, 0.15) is 78.3 Å². The number of thiol groups is 2. The van der Waals surface area contributed by atoms with Crippen LogP contribution in [0.1, 0.15) is 101 Å². The Morgan fingerprint density at radius 1 is 0.681 bits per heavy atom. The van der Waals surface area contributed by atoms with Crippen molar-refractivity contribution in [2.75, 3.05) is 37.7 Å². The Hall–Kier alpha value is -11.1. The van der Waals surface area contributed by atoms with Crippen molar-refractivity contribution in [1.29, 1.82) is 0 Å². The van der Waals surface area contributed by atoms with E-state index in [4.69, 9.17) is 28.7 Å². The summed E-state index contributed by atoms with van der Waals surface area (Å²) in [5.74, 6) is -19.2. The largest absolute Gasteiger partial charge is 0.481 e. The van der Waals surface area contributed by atoms with Gasteiger partial charge in [0.25, 0.3) is 0 Å². The lowest BCUT2D eigenvalue weighted by Gasteiger charge is -2.31. The Balaban J connectivity index is 1.47. The maximum atomic E-state index is 15.2. The number of nitrogens with one attached hydrogen (secondary N) is 14. The fourth-order valence-corrected chi connectivity index (χ4v) is 12.9. The van der Waals surface area contributed by atoms with Gasteiger partial charge < -0.3 is 118 Å². The van der Waals surface area contributed by atoms with Crippen molar-refractivity contribution in [3.63, 3.8) is 0 Å². The number of benzene rings is 2. The lowest BCUT2D eigenvalue weighted by Crippen LogP contribution is -2.62. The number of aliphatic hydroxyl groups is 1. The Bertz CT molecular complexity index is 4030. The number of amides is 15. The fourth-order valence-electron chi connectivity index (χ4n) is 12.4. The van der Waals surface area contributed by atoms with Crippen LogP contribution in [0.3, 0.4) is 0 Å². The molecule has 1 fully saturated rings. The van der Waals surface area contributed by atoms with Gasteiger partial charge in [0.15, 0.2) is 0 Å². The van der Waals surface area contributed by atoms with Gasteiger partial charge in [0, 0.05) is 80.1 Å². The second-order valence-corrected chi connectivity index (χ2v) is 28.2. The number of aromatic nitrogens is 4. The number of fused-ring (bicyclic) bond motifs is 4. The van der Waals surface area contributed by atoms with Crippen molar-refractivity contribution in [1.82, 2.24) is 94.0 Å². The van der Waals surface area contributed by atoms with Crippen molar-refractivity contribution in [2.24, 2.45) is 28.7 Å². The van der Waals surface area contributed by atoms with Crippen LogP contribution in [0.15, 0.2) is 67.0 Å². The van der Waals surface area contributed by atoms with Gasteiger partial charge in [-0.3, -0.25) is 77.1 Å². The highest BCUT2D eigenvalue weighted by atomic mass is 32.1. The summed E-state index contributed by atoms with van der Waals surface area (Å²) in [5, 5.41) is 73.1. The maximum Gasteiger partial charge on any atom is 0.326 e. The van der Waals surface area contributed by atoms with Crippen LogP contribution in [-0.4, -0.2) is 257 Å². The van der Waals surface area contributed by atoms with Gasteiger partial charge in [-0.15, -0.1) is 5.10 Å². The van der Waals surface area contributed by atoms with Crippen LogP contribution >= 0.6 is 25.3 Å². The number of H-pyrrole nitrogens is 1. The number of carbonyl (C=O) groups is 16. The zero-order chi connectivity index (χ0) is 83.2. The third-order valence-electron chi connectivity index (χ3n) is 18.2. The molecule has 1 saturated heterocycles. The van der Waals surface area contributed by atoms with Crippen molar-refractivity contribution >= 4 is 131 Å². The zero-order valence-corrected chi connectivity index (χ0v) is 63.9. The summed E-state index contributed by atoms with van der Waals surface area (Å²) in [6.45, 7) is 1.42. The first kappa shape index (κ1) is 90.8. The van der Waals surface area contributed by atoms with Gasteiger partial charge in [0.2, 0.25) is 76.8 Å². The van der Waals surface area contributed by atoms with Gasteiger partial charge >= 0.3 is 18.0 Å². The summed E-state index contributed by atoms with van der Waals surface area (Å²) in [7, 11) is 0. The van der Waals surface area contributed by atoms with Crippen molar-refractivity contribution in [3.8, 4) is 0 Å². The van der Waals surface area contributed by atoms with E-state index >= 15 is 9.59 Å². The molecular weight excluding hydrogens is 1520 g/mol. The van der Waals surface area contributed by atoms with E-state index in [1.807, 2.05) is 0 Å². The summed E-state index contributed by atoms with van der Waals surface area (Å²) in [5.41, 5.74) is 29.8. The number of urea groups is 1. The quantitative estimate of drug-likeness (QED) is 0.0143. The smallest absolute Gasteiger partial charge is 0.326 e. The standard InChI is InChI=1S/C69H101N23O19S2/c1-35(93)55-65(107)85-47(29-54(96)97)66(108)92-25-11-19-51(92)64(106)82-42(17-9-23-77-69(2,73)74)58(100)87-50(34-113)63(105)80-41(16-8-22-75-68(72)111)56(98)83-45(27-37-31-76-40-15-7-6-14-39(37)40)60(102)81-44(20-21-52(71)94)59(101)79-43(57(99)86-48(67(109)110)26-36-12-4-3-5-13-36)18-10-24-91-32-38(89-90-91)28-46(61(103)88-55)84-62(104)49(33-112)78-53(95)30-70/h3-7,12-15,31-32,35,41-51,55,76-77,93,112-113H,8-11,16-30,33-34,70,73-74H2,1-2H3,(H2,71,94)(H,78,95)(H,79,101)(H,80,105)(H,81,102)(H,82,106)(H,83,98)(H,84,104)(H,85,107)(H,86,99)(H,87,100)(H,88,103)(H,96,97)(H,109,110)(H3,72,75,111)/t35-,41+,42+,43-,44+,45+,46+,47+,48+,49+,50+,51+,55+/m1/s1. The summed E-state index contributed by atoms with van der Waals surface area (Å²) in [6, 6.07) is -6.25. The second-order valence-electron chi connectivity index (χ2n) is 27.5. The van der Waals surface area contributed by atoms with Crippen LogP contribution in [0.5, 0.6) is 0 Å². The molecule has 2 aliphatic heterocycles. The topological polar surface area (TPSA) is 670 Å². The van der Waals surface area contributed by atoms with Crippen LogP contribution in [0.2, 0.25) is 0 Å². The number of aromatic amines is 1. The molecule has 27 N–H and O–H groups in total. The number of nitrogens with zero attached hydrogens (tertiary/aromatic N) is 4. The number of rotatable bonds is 28. The molecule has 44 heteroatoms. The molecule has 2 bridgehead atoms. The molecule has 4 aromatic rings. The normalized spacial score (nSPS) is 22.7. The van der Waals surface area contributed by atoms with Crippen molar-refractivity contribution in [3.05, 3.63) is 83.8 Å². The molecule has 4 heterocycles. The molecule has 13 atom stereocenters. The number of carbonyl (C=O) groups excluding carboxylic acids is 14. The van der Waals surface area contributed by atoms with Crippen molar-refractivity contribution in [2.45, 2.75) is 195 Å². The number of aliphatic hydroxyl groups excluding tert-OH is 1. The van der Waals surface area contributed by atoms with Crippen LogP contribution in [0.25, 0.3) is 10.9 Å². The Kier molecular flexibility index (Phi) is 35.6. The number of carboxylic acids is 2. The molecule has 6 rings (SSSR count). The zero-order valence-electron chi connectivity index (χ0n) is 62.1. The predicted molar refractivity (Wildman–Crippen MR) is 409 cm³/mol. The van der Waals surface area contributed by atoms with Gasteiger partial charge in [-0.2, -0.15) is 25.3 Å². The van der Waals surface area contributed by atoms with Crippen LogP contribution in [0.4, 0.5) is 4.79 Å². The molecule has 0 aliphatic carbocycles. The maximum absolute atomic E-state index is 15.2. The molecule has 42 nitrogen and oxygen atoms in total. The third-order valence-corrected chi connectivity index (χ3v) is 19.0. The highest BCUT2D eigenvalue weighted by molar-refractivity contribution is 7.80. The molecule has 0 saturated carbocycles. The minimum absolute atomic E-state index is 0.0370. The van der Waals surface area contributed by atoms with E-state index in [1.54, 1.807) is 60.8 Å². The SMILES string of the molecule is C[C@@H](O)[C@@H]1NC(=O)[C@@H](NC(=O)[C@H](CS)NC(=O)CN)Cc2cn(nn2)CCC[C@H](C(=O)N[C@@H](Cc2ccccc2)C(=O)O)NC(=O)[C@H](CCC(N)=O)NC(=O)[C@H](Cc2c[nH]c3ccccc23)NC(=O)[C@H](CCCNC(N)=O)NC(=O)[C@H](CS)NC(=O)[C@H](CCCNC(C)(N)N)NC(=O)[C@@H]2CCCN2C(=O)[C@H](CC(=O)O)NC1=O.